The summed E-state index contributed by atoms with van der Waals surface area (Å²) in [5.74, 6) is 1.21. The molecule has 96 heavy (non-hydrogen) atoms. The molecule has 0 bridgehead atoms. The molecule has 6 heteroatoms. The molecule has 12 aromatic carbocycles. The molecule has 0 unspecified atom stereocenters. The predicted molar refractivity (Wildman–Crippen MR) is 406 cm³/mol. The largest absolute Gasteiger partial charge is 0.456 e. The first-order chi connectivity index (χ1) is 46.8. The smallest absolute Gasteiger partial charge is 0.137 e. The summed E-state index contributed by atoms with van der Waals surface area (Å²) in [5, 5.41) is 11.6. The third-order valence-corrected chi connectivity index (χ3v) is 21.7. The van der Waals surface area contributed by atoms with E-state index < -0.39 is 0 Å². The van der Waals surface area contributed by atoms with Gasteiger partial charge in [-0.25, -0.2) is 0 Å². The van der Waals surface area contributed by atoms with E-state index in [0.717, 1.165) is 88.8 Å². The van der Waals surface area contributed by atoms with Crippen LogP contribution in [0.3, 0.4) is 0 Å². The average Bonchev–Trinajstić information content (AvgIpc) is 1.60. The molecule has 6 nitrogen and oxygen atoms in total. The fraction of sp³-hybridized carbons (Fsp3) is 0.222. The van der Waals surface area contributed by atoms with Crippen LogP contribution in [0, 0.1) is 0 Å². The Hall–Kier alpha value is -10.3. The summed E-state index contributed by atoms with van der Waals surface area (Å²) in [6, 6.07) is 91.2. The van der Waals surface area contributed by atoms with E-state index in [1.54, 1.807) is 0 Å². The van der Waals surface area contributed by atoms with Gasteiger partial charge >= 0.3 is 0 Å². The molecule has 18 rings (SSSR count). The van der Waals surface area contributed by atoms with Crippen molar-refractivity contribution in [2.24, 2.45) is 0 Å². The molecule has 0 spiro atoms. The van der Waals surface area contributed by atoms with Crippen LogP contribution in [0.5, 0.6) is 0 Å². The maximum atomic E-state index is 6.97. The lowest BCUT2D eigenvalue weighted by atomic mass is 9.84. The summed E-state index contributed by atoms with van der Waals surface area (Å²) in [5.41, 5.74) is 22.7. The van der Waals surface area contributed by atoms with Crippen LogP contribution in [0.15, 0.2) is 251 Å². The van der Waals surface area contributed by atoms with Crippen molar-refractivity contribution in [2.45, 2.75) is 128 Å². The summed E-state index contributed by atoms with van der Waals surface area (Å²) in [7, 11) is 0. The van der Waals surface area contributed by atoms with Crippen LogP contribution in [-0.2, 0) is 10.8 Å². The highest BCUT2D eigenvalue weighted by atomic mass is 16.3. The number of nitrogens with zero attached hydrogens (tertiary/aromatic N) is 4. The maximum absolute atomic E-state index is 6.97. The lowest BCUT2D eigenvalue weighted by Crippen LogP contribution is -2.11. The van der Waals surface area contributed by atoms with Crippen LogP contribution in [0.4, 0.5) is 34.1 Å². The van der Waals surface area contributed by atoms with Crippen LogP contribution >= 0.6 is 0 Å². The van der Waals surface area contributed by atoms with Gasteiger partial charge in [-0.2, -0.15) is 0 Å². The van der Waals surface area contributed by atoms with Crippen molar-refractivity contribution in [3.63, 3.8) is 0 Å². The molecule has 16 aromatic rings. The number of para-hydroxylation sites is 2. The minimum atomic E-state index is 0.0529. The Kier molecular flexibility index (Phi) is 13.8. The van der Waals surface area contributed by atoms with Crippen LogP contribution in [-0.4, -0.2) is 9.13 Å². The van der Waals surface area contributed by atoms with Crippen molar-refractivity contribution in [2.75, 3.05) is 9.80 Å². The lowest BCUT2D eigenvalue weighted by Gasteiger charge is -2.25. The topological polar surface area (TPSA) is 42.6 Å². The Balaban J connectivity index is 0.717. The molecule has 0 amide bonds. The third kappa shape index (κ3) is 9.96. The van der Waals surface area contributed by atoms with Crippen LogP contribution in [0.25, 0.3) is 110 Å². The van der Waals surface area contributed by atoms with Gasteiger partial charge in [0.25, 0.3) is 0 Å². The molecule has 0 atom stereocenters. The van der Waals surface area contributed by atoms with Gasteiger partial charge in [-0.3, -0.25) is 0 Å². The maximum Gasteiger partial charge on any atom is 0.137 e. The summed E-state index contributed by atoms with van der Waals surface area (Å²) in [6.07, 6.45) is 13.0. The second kappa shape index (κ2) is 22.7. The molecular weight excluding hydrogens is 1170 g/mol. The fourth-order valence-electron chi connectivity index (χ4n) is 16.6. The number of benzene rings is 12. The van der Waals surface area contributed by atoms with E-state index in [4.69, 9.17) is 8.83 Å². The van der Waals surface area contributed by atoms with Crippen LogP contribution in [0.2, 0.25) is 0 Å². The van der Waals surface area contributed by atoms with Gasteiger partial charge in [0.2, 0.25) is 0 Å². The molecule has 2 fully saturated rings. The van der Waals surface area contributed by atoms with E-state index in [0.29, 0.717) is 11.8 Å². The number of hydrogen-bond donors (Lipinski definition) is 0. The van der Waals surface area contributed by atoms with Gasteiger partial charge < -0.3 is 27.8 Å². The summed E-state index contributed by atoms with van der Waals surface area (Å²) in [4.78, 5) is 4.76. The molecule has 0 radical (unpaired) electrons. The highest BCUT2D eigenvalue weighted by Crippen LogP contribution is 2.47. The van der Waals surface area contributed by atoms with Crippen LogP contribution < -0.4 is 9.80 Å². The fourth-order valence-corrected chi connectivity index (χ4v) is 16.6. The molecule has 0 N–H and O–H groups in total. The van der Waals surface area contributed by atoms with Crippen molar-refractivity contribution >= 4 is 132 Å². The highest BCUT2D eigenvalue weighted by molar-refractivity contribution is 6.17. The second-order valence-electron chi connectivity index (χ2n) is 29.8. The molecule has 2 aliphatic carbocycles. The van der Waals surface area contributed by atoms with Gasteiger partial charge in [0.15, 0.2) is 0 Å². The van der Waals surface area contributed by atoms with E-state index in [9.17, 15) is 0 Å². The van der Waals surface area contributed by atoms with Crippen molar-refractivity contribution in [3.8, 4) is 11.4 Å². The minimum absolute atomic E-state index is 0.0529. The van der Waals surface area contributed by atoms with E-state index in [1.165, 1.54) is 141 Å². The number of hydrogen-bond acceptors (Lipinski definition) is 4. The monoisotopic (exact) mass is 1250 g/mol. The zero-order chi connectivity index (χ0) is 64.6. The van der Waals surface area contributed by atoms with Crippen LogP contribution in [0.1, 0.15) is 140 Å². The number of rotatable bonds is 10. The Bertz CT molecular complexity index is 5330. The van der Waals surface area contributed by atoms with Crippen molar-refractivity contribution in [3.05, 3.63) is 265 Å². The quantitative estimate of drug-likeness (QED) is 0.137. The molecular formula is C90H80N4O2. The third-order valence-electron chi connectivity index (χ3n) is 21.7. The first kappa shape index (κ1) is 58.3. The van der Waals surface area contributed by atoms with Gasteiger partial charge in [0, 0.05) is 101 Å². The predicted octanol–water partition coefficient (Wildman–Crippen LogP) is 26.5. The zero-order valence-corrected chi connectivity index (χ0v) is 55.9. The first-order valence-corrected chi connectivity index (χ1v) is 35.2. The molecule has 2 aliphatic rings. The standard InChI is InChI=1S/C90H80N4O2/c1-89(2,3)63-29-33-67(34-30-63)93-81-49-59(57-19-11-7-12-20-57)27-41-73(81)75-43-37-69(53-83(75)93)91(65-23-15-9-16-24-65)71-39-45-77-79-47-61-52-86-80(48-62(61)51-85(79)95-87(77)55-71)78-46-40-72(56-88(78)96-86)92(66-25-17-10-18-26-66)70-38-44-76-74-42-28-60(58-21-13-8-14-22-58)50-82(74)94(84(76)54-70)68-35-31-64(32-36-68)90(4,5)6/h9-10,15-18,23-58H,7-8,11-14,19-22H2,1-6H3. The van der Waals surface area contributed by atoms with Gasteiger partial charge in [-0.15, -0.1) is 0 Å². The first-order valence-electron chi connectivity index (χ1n) is 35.2. The van der Waals surface area contributed by atoms with E-state index >= 15 is 0 Å². The number of anilines is 6. The SMILES string of the molecule is CC(C)(C)c1ccc(-n2c3cc(C4CCCCC4)ccc3c3ccc(N(c4ccccc4)c4ccc5c(c4)oc4cc6cc7c(cc6cc45)oc4cc(N(c5ccccc5)c5ccc6c8ccc(C9CCCCC9)cc8n(-c8ccc(C(C)(C)C)cc8)c6c5)ccc47)cc32)cc1. The van der Waals surface area contributed by atoms with Crippen molar-refractivity contribution < 1.29 is 8.83 Å². The summed E-state index contributed by atoms with van der Waals surface area (Å²) in [6.45, 7) is 13.8. The Labute approximate surface area is 561 Å². The number of fused-ring (bicyclic) bond motifs is 13. The normalized spacial score (nSPS) is 14.7. The zero-order valence-electron chi connectivity index (χ0n) is 55.9. The van der Waals surface area contributed by atoms with Gasteiger partial charge in [0.05, 0.1) is 22.1 Å². The minimum Gasteiger partial charge on any atom is -0.456 e. The molecule has 0 saturated heterocycles. The van der Waals surface area contributed by atoms with Gasteiger partial charge in [-0.1, -0.05) is 177 Å². The molecule has 4 heterocycles. The summed E-state index contributed by atoms with van der Waals surface area (Å²) >= 11 is 0. The number of furan rings is 2. The highest BCUT2D eigenvalue weighted by Gasteiger charge is 2.26. The summed E-state index contributed by atoms with van der Waals surface area (Å²) < 4.78 is 19.0. The molecule has 4 aromatic heterocycles. The van der Waals surface area contributed by atoms with E-state index in [-0.39, 0.29) is 10.8 Å². The second-order valence-corrected chi connectivity index (χ2v) is 29.8. The Morgan fingerprint density at radius 2 is 0.625 bits per heavy atom. The van der Waals surface area contributed by atoms with E-state index in [1.807, 2.05) is 0 Å². The molecule has 0 aliphatic heterocycles. The average molecular weight is 1250 g/mol. The Morgan fingerprint density at radius 3 is 1.00 bits per heavy atom. The van der Waals surface area contributed by atoms with E-state index in [2.05, 4.69) is 303 Å². The molecule has 2 saturated carbocycles. The van der Waals surface area contributed by atoms with Crippen molar-refractivity contribution in [1.29, 1.82) is 0 Å². The lowest BCUT2D eigenvalue weighted by molar-refractivity contribution is 0.444. The van der Waals surface area contributed by atoms with Gasteiger partial charge in [-0.05, 0) is 215 Å². The van der Waals surface area contributed by atoms with Crippen molar-refractivity contribution in [1.82, 2.24) is 9.13 Å². The molecule has 472 valence electrons. The van der Waals surface area contributed by atoms with Gasteiger partial charge in [0.1, 0.15) is 22.3 Å². The Morgan fingerprint density at radius 1 is 0.292 bits per heavy atom. The number of aromatic nitrogens is 2.